The van der Waals surface area contributed by atoms with Crippen LogP contribution in [-0.2, 0) is 12.0 Å². The van der Waals surface area contributed by atoms with Crippen LogP contribution in [0.2, 0.25) is 0 Å². The van der Waals surface area contributed by atoms with E-state index in [4.69, 9.17) is 16.6 Å². The molecule has 2 nitrogen and oxygen atoms in total. The molecule has 0 unspecified atom stereocenters. The van der Waals surface area contributed by atoms with Crippen molar-refractivity contribution < 1.29 is 0 Å². The summed E-state index contributed by atoms with van der Waals surface area (Å²) in [4.78, 5) is 4.70. The van der Waals surface area contributed by atoms with Gasteiger partial charge in [0.05, 0.1) is 11.0 Å². The number of halogens is 1. The number of fused-ring (bicyclic) bond motifs is 1. The second-order valence-electron chi connectivity index (χ2n) is 4.96. The Kier molecular flexibility index (Phi) is 3.43. The third kappa shape index (κ3) is 2.19. The van der Waals surface area contributed by atoms with E-state index in [2.05, 4.69) is 43.5 Å². The maximum Gasteiger partial charge on any atom is 0.111 e. The second kappa shape index (κ2) is 4.69. The molecular weight excluding hydrogens is 232 g/mol. The van der Waals surface area contributed by atoms with E-state index in [1.54, 1.807) is 0 Å². The largest absolute Gasteiger partial charge is 0.322 e. The lowest BCUT2D eigenvalue weighted by Crippen LogP contribution is -2.27. The van der Waals surface area contributed by atoms with Crippen molar-refractivity contribution >= 4 is 22.6 Å². The molecule has 1 aromatic carbocycles. The standard InChI is InChI=1S/C14H19ClN2/c1-4-14(2,3)17-12-8-6-5-7-11(12)16-13(17)9-10-15/h5-8H,4,9-10H2,1-3H3. The quantitative estimate of drug-likeness (QED) is 0.751. The second-order valence-corrected chi connectivity index (χ2v) is 5.34. The molecule has 1 aromatic heterocycles. The van der Waals surface area contributed by atoms with Crippen LogP contribution >= 0.6 is 11.6 Å². The molecule has 2 rings (SSSR count). The van der Waals surface area contributed by atoms with Gasteiger partial charge in [-0.3, -0.25) is 0 Å². The first-order valence-electron chi connectivity index (χ1n) is 6.13. The van der Waals surface area contributed by atoms with E-state index < -0.39 is 0 Å². The molecule has 3 heteroatoms. The summed E-state index contributed by atoms with van der Waals surface area (Å²) in [7, 11) is 0. The van der Waals surface area contributed by atoms with Crippen LogP contribution < -0.4 is 0 Å². The van der Waals surface area contributed by atoms with E-state index in [0.717, 1.165) is 24.2 Å². The smallest absolute Gasteiger partial charge is 0.111 e. The van der Waals surface area contributed by atoms with E-state index in [-0.39, 0.29) is 5.54 Å². The number of para-hydroxylation sites is 2. The Morgan fingerprint density at radius 3 is 2.65 bits per heavy atom. The van der Waals surface area contributed by atoms with Crippen LogP contribution in [0, 0.1) is 0 Å². The van der Waals surface area contributed by atoms with Gasteiger partial charge in [0, 0.05) is 17.8 Å². The first-order chi connectivity index (χ1) is 8.10. The molecule has 0 aliphatic heterocycles. The average Bonchev–Trinajstić information content (AvgIpc) is 2.68. The lowest BCUT2D eigenvalue weighted by Gasteiger charge is -2.28. The zero-order valence-corrected chi connectivity index (χ0v) is 11.5. The summed E-state index contributed by atoms with van der Waals surface area (Å²) in [6, 6.07) is 8.30. The Morgan fingerprint density at radius 1 is 1.29 bits per heavy atom. The predicted octanol–water partition coefficient (Wildman–Crippen LogP) is 3.96. The highest BCUT2D eigenvalue weighted by Gasteiger charge is 2.23. The molecule has 0 bridgehead atoms. The normalized spacial score (nSPS) is 12.2. The summed E-state index contributed by atoms with van der Waals surface area (Å²) in [6.45, 7) is 6.71. The summed E-state index contributed by atoms with van der Waals surface area (Å²) in [5.74, 6) is 1.70. The van der Waals surface area contributed by atoms with Crippen molar-refractivity contribution in [3.05, 3.63) is 30.1 Å². The van der Waals surface area contributed by atoms with Gasteiger partial charge in [0.25, 0.3) is 0 Å². The summed E-state index contributed by atoms with van der Waals surface area (Å²) in [5, 5.41) is 0. The van der Waals surface area contributed by atoms with Crippen molar-refractivity contribution in [2.75, 3.05) is 5.88 Å². The molecule has 0 fully saturated rings. The molecule has 0 atom stereocenters. The van der Waals surface area contributed by atoms with E-state index in [1.165, 1.54) is 5.52 Å². The van der Waals surface area contributed by atoms with Gasteiger partial charge in [0.15, 0.2) is 0 Å². The molecule has 17 heavy (non-hydrogen) atoms. The van der Waals surface area contributed by atoms with E-state index >= 15 is 0 Å². The molecule has 0 saturated heterocycles. The van der Waals surface area contributed by atoms with Crippen LogP contribution in [0.5, 0.6) is 0 Å². The van der Waals surface area contributed by atoms with Gasteiger partial charge in [0.2, 0.25) is 0 Å². The first-order valence-corrected chi connectivity index (χ1v) is 6.66. The van der Waals surface area contributed by atoms with Crippen molar-refractivity contribution in [1.29, 1.82) is 0 Å². The molecule has 0 saturated carbocycles. The molecule has 2 aromatic rings. The van der Waals surface area contributed by atoms with E-state index in [9.17, 15) is 0 Å². The van der Waals surface area contributed by atoms with Crippen LogP contribution in [0.15, 0.2) is 24.3 Å². The Hall–Kier alpha value is -1.02. The van der Waals surface area contributed by atoms with E-state index in [0.29, 0.717) is 5.88 Å². The van der Waals surface area contributed by atoms with Gasteiger partial charge in [-0.1, -0.05) is 19.1 Å². The van der Waals surface area contributed by atoms with E-state index in [1.807, 2.05) is 6.07 Å². The Labute approximate surface area is 108 Å². The minimum atomic E-state index is 0.0808. The lowest BCUT2D eigenvalue weighted by molar-refractivity contribution is 0.342. The summed E-state index contributed by atoms with van der Waals surface area (Å²) in [5.41, 5.74) is 2.35. The molecule has 0 spiro atoms. The van der Waals surface area contributed by atoms with Crippen molar-refractivity contribution in [3.63, 3.8) is 0 Å². The van der Waals surface area contributed by atoms with Gasteiger partial charge in [-0.2, -0.15) is 0 Å². The third-order valence-electron chi connectivity index (χ3n) is 3.42. The van der Waals surface area contributed by atoms with Crippen LogP contribution in [0.1, 0.15) is 33.0 Å². The molecular formula is C14H19ClN2. The highest BCUT2D eigenvalue weighted by atomic mass is 35.5. The molecule has 92 valence electrons. The number of hydrogen-bond donors (Lipinski definition) is 0. The van der Waals surface area contributed by atoms with Gasteiger partial charge in [-0.25, -0.2) is 4.98 Å². The van der Waals surface area contributed by atoms with Gasteiger partial charge in [-0.15, -0.1) is 11.6 Å². The highest BCUT2D eigenvalue weighted by Crippen LogP contribution is 2.28. The van der Waals surface area contributed by atoms with Gasteiger partial charge >= 0.3 is 0 Å². The number of nitrogens with zero attached hydrogens (tertiary/aromatic N) is 2. The lowest BCUT2D eigenvalue weighted by atomic mass is 10.0. The fourth-order valence-electron chi connectivity index (χ4n) is 2.16. The predicted molar refractivity (Wildman–Crippen MR) is 73.8 cm³/mol. The van der Waals surface area contributed by atoms with Crippen LogP contribution in [0.25, 0.3) is 11.0 Å². The number of imidazole rings is 1. The average molecular weight is 251 g/mol. The summed E-state index contributed by atoms with van der Waals surface area (Å²) >= 11 is 5.88. The molecule has 0 radical (unpaired) electrons. The zero-order chi connectivity index (χ0) is 12.5. The van der Waals surface area contributed by atoms with Gasteiger partial charge < -0.3 is 4.57 Å². The van der Waals surface area contributed by atoms with Crippen molar-refractivity contribution in [2.24, 2.45) is 0 Å². The topological polar surface area (TPSA) is 17.8 Å². The Bertz CT molecular complexity index is 514. The van der Waals surface area contributed by atoms with Crippen LogP contribution in [0.4, 0.5) is 0 Å². The van der Waals surface area contributed by atoms with Gasteiger partial charge in [0.1, 0.15) is 5.82 Å². The van der Waals surface area contributed by atoms with Crippen molar-refractivity contribution in [2.45, 2.75) is 39.2 Å². The van der Waals surface area contributed by atoms with Crippen molar-refractivity contribution in [1.82, 2.24) is 9.55 Å². The molecule has 0 aliphatic rings. The fourth-order valence-corrected chi connectivity index (χ4v) is 2.33. The zero-order valence-electron chi connectivity index (χ0n) is 10.7. The number of aryl methyl sites for hydroxylation is 1. The summed E-state index contributed by atoms with van der Waals surface area (Å²) < 4.78 is 2.34. The number of aromatic nitrogens is 2. The van der Waals surface area contributed by atoms with Crippen LogP contribution in [0.3, 0.4) is 0 Å². The first kappa shape index (κ1) is 12.4. The van der Waals surface area contributed by atoms with Crippen LogP contribution in [-0.4, -0.2) is 15.4 Å². The fraction of sp³-hybridized carbons (Fsp3) is 0.500. The molecule has 0 aliphatic carbocycles. The SMILES string of the molecule is CCC(C)(C)n1c(CCCl)nc2ccccc21. The Balaban J connectivity index is 2.68. The van der Waals surface area contributed by atoms with Crippen molar-refractivity contribution in [3.8, 4) is 0 Å². The monoisotopic (exact) mass is 250 g/mol. The number of alkyl halides is 1. The minimum absolute atomic E-state index is 0.0808. The third-order valence-corrected chi connectivity index (χ3v) is 3.61. The number of rotatable bonds is 4. The summed E-state index contributed by atoms with van der Waals surface area (Å²) in [6.07, 6.45) is 1.89. The molecule has 0 N–H and O–H groups in total. The maximum absolute atomic E-state index is 5.88. The maximum atomic E-state index is 5.88. The molecule has 0 amide bonds. The minimum Gasteiger partial charge on any atom is -0.322 e. The highest BCUT2D eigenvalue weighted by molar-refractivity contribution is 6.17. The number of hydrogen-bond acceptors (Lipinski definition) is 1. The van der Waals surface area contributed by atoms with Gasteiger partial charge in [-0.05, 0) is 32.4 Å². The Morgan fingerprint density at radius 2 is 2.00 bits per heavy atom. The number of benzene rings is 1. The molecule has 1 heterocycles.